The van der Waals surface area contributed by atoms with Crippen LogP contribution in [0.1, 0.15) is 19.8 Å². The van der Waals surface area contributed by atoms with Gasteiger partial charge in [0, 0.05) is 11.0 Å². The Hall–Kier alpha value is -1.07. The zero-order chi connectivity index (χ0) is 13.9. The van der Waals surface area contributed by atoms with Gasteiger partial charge in [0.25, 0.3) is 0 Å². The summed E-state index contributed by atoms with van der Waals surface area (Å²) < 4.78 is 6.65. The predicted molar refractivity (Wildman–Crippen MR) is 76.5 cm³/mol. The zero-order valence-corrected chi connectivity index (χ0v) is 12.5. The van der Waals surface area contributed by atoms with Gasteiger partial charge in [-0.05, 0) is 50.6 Å². The van der Waals surface area contributed by atoms with Crippen molar-refractivity contribution >= 4 is 21.9 Å². The number of ether oxygens (including phenoxy) is 1. The summed E-state index contributed by atoms with van der Waals surface area (Å²) in [6, 6.07) is 7.63. The first-order valence-corrected chi connectivity index (χ1v) is 7.18. The van der Waals surface area contributed by atoms with Crippen LogP contribution in [0.25, 0.3) is 0 Å². The fourth-order valence-electron chi connectivity index (χ4n) is 2.42. The van der Waals surface area contributed by atoms with Crippen LogP contribution in [0, 0.1) is 0 Å². The van der Waals surface area contributed by atoms with Crippen LogP contribution < -0.4 is 4.74 Å². The average molecular weight is 328 g/mol. The predicted octanol–water partition coefficient (Wildman–Crippen LogP) is 2.77. The van der Waals surface area contributed by atoms with Crippen LogP contribution in [0.15, 0.2) is 28.7 Å². The highest BCUT2D eigenvalue weighted by Crippen LogP contribution is 2.28. The van der Waals surface area contributed by atoms with Gasteiger partial charge in [-0.15, -0.1) is 0 Å². The Labute approximate surface area is 121 Å². The van der Waals surface area contributed by atoms with Crippen LogP contribution in [-0.2, 0) is 4.79 Å². The Morgan fingerprint density at radius 3 is 2.79 bits per heavy atom. The van der Waals surface area contributed by atoms with Crippen LogP contribution in [-0.4, -0.2) is 41.2 Å². The highest BCUT2D eigenvalue weighted by Gasteiger charge is 2.42. The van der Waals surface area contributed by atoms with Crippen molar-refractivity contribution in [1.82, 2.24) is 4.90 Å². The van der Waals surface area contributed by atoms with Crippen molar-refractivity contribution in [2.75, 3.05) is 19.7 Å². The largest absolute Gasteiger partial charge is 0.492 e. The van der Waals surface area contributed by atoms with E-state index in [1.165, 1.54) is 0 Å². The first-order chi connectivity index (χ1) is 9.02. The zero-order valence-electron chi connectivity index (χ0n) is 10.9. The lowest BCUT2D eigenvalue weighted by Crippen LogP contribution is -2.49. The van der Waals surface area contributed by atoms with E-state index in [0.29, 0.717) is 19.6 Å². The molecule has 0 spiro atoms. The molecule has 104 valence electrons. The molecule has 5 heteroatoms. The maximum absolute atomic E-state index is 11.3. The molecule has 0 amide bonds. The van der Waals surface area contributed by atoms with E-state index in [1.807, 2.05) is 29.2 Å². The smallest absolute Gasteiger partial charge is 0.323 e. The summed E-state index contributed by atoms with van der Waals surface area (Å²) in [5, 5.41) is 9.30. The van der Waals surface area contributed by atoms with E-state index in [2.05, 4.69) is 15.9 Å². The lowest BCUT2D eigenvalue weighted by molar-refractivity contribution is -0.148. The Kier molecular flexibility index (Phi) is 4.47. The number of nitrogens with zero attached hydrogens (tertiary/aromatic N) is 1. The molecular weight excluding hydrogens is 310 g/mol. The van der Waals surface area contributed by atoms with Crippen LogP contribution >= 0.6 is 15.9 Å². The minimum absolute atomic E-state index is 0.504. The van der Waals surface area contributed by atoms with Gasteiger partial charge in [-0.1, -0.05) is 15.9 Å². The first-order valence-electron chi connectivity index (χ1n) is 6.39. The van der Waals surface area contributed by atoms with E-state index in [4.69, 9.17) is 4.74 Å². The van der Waals surface area contributed by atoms with Gasteiger partial charge in [-0.25, -0.2) is 0 Å². The number of carboxylic acid groups (broad SMARTS) is 1. The Morgan fingerprint density at radius 1 is 1.47 bits per heavy atom. The van der Waals surface area contributed by atoms with Crippen molar-refractivity contribution in [3.05, 3.63) is 28.7 Å². The average Bonchev–Trinajstić information content (AvgIpc) is 2.75. The second kappa shape index (κ2) is 5.92. The van der Waals surface area contributed by atoms with Crippen molar-refractivity contribution < 1.29 is 14.6 Å². The molecule has 1 unspecified atom stereocenters. The molecule has 2 rings (SSSR count). The van der Waals surface area contributed by atoms with Gasteiger partial charge in [0.15, 0.2) is 0 Å². The van der Waals surface area contributed by atoms with Crippen LogP contribution in [0.5, 0.6) is 5.75 Å². The summed E-state index contributed by atoms with van der Waals surface area (Å²) in [7, 11) is 0. The molecular formula is C14H18BrNO3. The maximum atomic E-state index is 11.3. The standard InChI is InChI=1S/C14H18BrNO3/c1-14(13(17)18)7-2-8-16(14)9-10-19-12-5-3-11(15)4-6-12/h3-6H,2,7-10H2,1H3,(H,17,18). The second-order valence-electron chi connectivity index (χ2n) is 4.97. The van der Waals surface area contributed by atoms with E-state index >= 15 is 0 Å². The number of hydrogen-bond acceptors (Lipinski definition) is 3. The number of hydrogen-bond donors (Lipinski definition) is 1. The van der Waals surface area contributed by atoms with Gasteiger partial charge in [-0.3, -0.25) is 9.69 Å². The van der Waals surface area contributed by atoms with Gasteiger partial charge < -0.3 is 9.84 Å². The van der Waals surface area contributed by atoms with Gasteiger partial charge >= 0.3 is 5.97 Å². The number of rotatable bonds is 5. The van der Waals surface area contributed by atoms with Crippen molar-refractivity contribution in [3.63, 3.8) is 0 Å². The summed E-state index contributed by atoms with van der Waals surface area (Å²) in [5.74, 6) is 0.0630. The lowest BCUT2D eigenvalue weighted by Gasteiger charge is -2.30. The molecule has 1 aliphatic rings. The topological polar surface area (TPSA) is 49.8 Å². The van der Waals surface area contributed by atoms with Crippen molar-refractivity contribution in [1.29, 1.82) is 0 Å². The lowest BCUT2D eigenvalue weighted by atomic mass is 9.99. The van der Waals surface area contributed by atoms with Crippen LogP contribution in [0.3, 0.4) is 0 Å². The fraction of sp³-hybridized carbons (Fsp3) is 0.500. The van der Waals surface area contributed by atoms with Gasteiger partial charge in [0.1, 0.15) is 17.9 Å². The molecule has 1 heterocycles. The molecule has 1 N–H and O–H groups in total. The Balaban J connectivity index is 1.85. The molecule has 1 aliphatic heterocycles. The molecule has 19 heavy (non-hydrogen) atoms. The van der Waals surface area contributed by atoms with Gasteiger partial charge in [-0.2, -0.15) is 0 Å². The molecule has 1 atom stereocenters. The minimum Gasteiger partial charge on any atom is -0.492 e. The number of halogens is 1. The van der Waals surface area contributed by atoms with E-state index < -0.39 is 11.5 Å². The highest BCUT2D eigenvalue weighted by atomic mass is 79.9. The van der Waals surface area contributed by atoms with E-state index in [-0.39, 0.29) is 0 Å². The number of carboxylic acids is 1. The SMILES string of the molecule is CC1(C(=O)O)CCCN1CCOc1ccc(Br)cc1. The minimum atomic E-state index is -0.742. The summed E-state index contributed by atoms with van der Waals surface area (Å²) in [4.78, 5) is 13.3. The quantitative estimate of drug-likeness (QED) is 0.903. The second-order valence-corrected chi connectivity index (χ2v) is 5.89. The van der Waals surface area contributed by atoms with Crippen LogP contribution in [0.2, 0.25) is 0 Å². The molecule has 1 saturated heterocycles. The van der Waals surface area contributed by atoms with Crippen molar-refractivity contribution in [2.45, 2.75) is 25.3 Å². The summed E-state index contributed by atoms with van der Waals surface area (Å²) in [6.45, 7) is 3.76. The fourth-order valence-corrected chi connectivity index (χ4v) is 2.69. The van der Waals surface area contributed by atoms with Gasteiger partial charge in [0.05, 0.1) is 0 Å². The normalized spacial score (nSPS) is 23.5. The van der Waals surface area contributed by atoms with E-state index in [9.17, 15) is 9.90 Å². The summed E-state index contributed by atoms with van der Waals surface area (Å²) in [6.07, 6.45) is 1.64. The molecule has 0 radical (unpaired) electrons. The number of aliphatic carboxylic acids is 1. The van der Waals surface area contributed by atoms with Crippen molar-refractivity contribution in [3.8, 4) is 5.75 Å². The maximum Gasteiger partial charge on any atom is 0.323 e. The van der Waals surface area contributed by atoms with E-state index in [0.717, 1.165) is 23.2 Å². The third kappa shape index (κ3) is 3.28. The van der Waals surface area contributed by atoms with Crippen molar-refractivity contribution in [2.24, 2.45) is 0 Å². The van der Waals surface area contributed by atoms with Gasteiger partial charge in [0.2, 0.25) is 0 Å². The molecule has 1 aromatic rings. The summed E-state index contributed by atoms with van der Waals surface area (Å²) in [5.41, 5.74) is -0.733. The molecule has 0 aliphatic carbocycles. The Bertz CT molecular complexity index is 449. The number of likely N-dealkylation sites (tertiary alicyclic amines) is 1. The Morgan fingerprint density at radius 2 is 2.16 bits per heavy atom. The van der Waals surface area contributed by atoms with E-state index in [1.54, 1.807) is 6.92 Å². The third-order valence-corrected chi connectivity index (χ3v) is 4.22. The molecule has 1 aromatic carbocycles. The third-order valence-electron chi connectivity index (χ3n) is 3.69. The van der Waals surface area contributed by atoms with Crippen LogP contribution in [0.4, 0.5) is 0 Å². The number of carbonyl (C=O) groups is 1. The molecule has 0 bridgehead atoms. The first kappa shape index (κ1) is 14.3. The molecule has 0 aromatic heterocycles. The molecule has 1 fully saturated rings. The monoisotopic (exact) mass is 327 g/mol. The summed E-state index contributed by atoms with van der Waals surface area (Å²) >= 11 is 3.37. The molecule has 4 nitrogen and oxygen atoms in total. The highest BCUT2D eigenvalue weighted by molar-refractivity contribution is 9.10. The molecule has 0 saturated carbocycles. The number of benzene rings is 1.